The lowest BCUT2D eigenvalue weighted by atomic mass is 9.89. The van der Waals surface area contributed by atoms with Crippen molar-refractivity contribution in [3.8, 4) is 0 Å². The first-order valence-corrected chi connectivity index (χ1v) is 5.66. The summed E-state index contributed by atoms with van der Waals surface area (Å²) in [7, 11) is 0. The third-order valence-electron chi connectivity index (χ3n) is 2.30. The average Bonchev–Trinajstić information content (AvgIpc) is 2.58. The molecule has 0 saturated heterocycles. The molecule has 1 aromatic rings. The Kier molecular flexibility index (Phi) is 4.28. The number of carbonyl (C=O) groups is 1. The van der Waals surface area contributed by atoms with Crippen LogP contribution in [0.25, 0.3) is 0 Å². The van der Waals surface area contributed by atoms with Gasteiger partial charge in [-0.2, -0.15) is 0 Å². The van der Waals surface area contributed by atoms with Gasteiger partial charge in [0.1, 0.15) is 0 Å². The molecule has 5 nitrogen and oxygen atoms in total. The monoisotopic (exact) mass is 240 g/mol. The van der Waals surface area contributed by atoms with Crippen molar-refractivity contribution in [2.24, 2.45) is 5.41 Å². The number of aryl methyl sites for hydroxylation is 1. The van der Waals surface area contributed by atoms with Gasteiger partial charge in [0.05, 0.1) is 11.8 Å². The van der Waals surface area contributed by atoms with Gasteiger partial charge in [-0.05, 0) is 18.8 Å². The summed E-state index contributed by atoms with van der Waals surface area (Å²) in [6.07, 6.45) is 1.31. The summed E-state index contributed by atoms with van der Waals surface area (Å²) < 4.78 is 4.95. The summed E-state index contributed by atoms with van der Waals surface area (Å²) in [5.41, 5.74) is 0.583. The Morgan fingerprint density at radius 2 is 2.24 bits per heavy atom. The lowest BCUT2D eigenvalue weighted by molar-refractivity contribution is 0.0843. The van der Waals surface area contributed by atoms with E-state index in [-0.39, 0.29) is 23.6 Å². The number of carbonyl (C=O) groups excluding carboxylic acids is 1. The molecule has 2 N–H and O–H groups in total. The van der Waals surface area contributed by atoms with Crippen molar-refractivity contribution in [3.05, 3.63) is 17.8 Å². The van der Waals surface area contributed by atoms with E-state index in [1.165, 1.54) is 6.39 Å². The maximum atomic E-state index is 11.6. The van der Waals surface area contributed by atoms with E-state index >= 15 is 0 Å². The molecule has 0 fully saturated rings. The molecule has 0 bridgehead atoms. The summed E-state index contributed by atoms with van der Waals surface area (Å²) in [6, 6.07) is 0. The molecule has 0 aliphatic heterocycles. The number of nitrogens with zero attached hydrogens (tertiary/aromatic N) is 1. The molecule has 1 heterocycles. The van der Waals surface area contributed by atoms with Crippen molar-refractivity contribution in [1.29, 1.82) is 0 Å². The van der Waals surface area contributed by atoms with Crippen LogP contribution >= 0.6 is 0 Å². The molecule has 0 aliphatic carbocycles. The zero-order chi connectivity index (χ0) is 13.1. The molecule has 0 radical (unpaired) electrons. The van der Waals surface area contributed by atoms with Gasteiger partial charge in [-0.25, -0.2) is 4.98 Å². The maximum absolute atomic E-state index is 11.6. The standard InChI is InChI=1S/C12H20N2O3/c1-8-10(17-7-14-8)11(16)13-6-9(15)5-12(2,3)4/h7,9,15H,5-6H2,1-4H3,(H,13,16). The minimum absolute atomic E-state index is 0.0340. The van der Waals surface area contributed by atoms with Crippen molar-refractivity contribution in [3.63, 3.8) is 0 Å². The average molecular weight is 240 g/mol. The van der Waals surface area contributed by atoms with E-state index < -0.39 is 6.10 Å². The topological polar surface area (TPSA) is 75.4 Å². The van der Waals surface area contributed by atoms with Gasteiger partial charge in [0.25, 0.3) is 5.91 Å². The van der Waals surface area contributed by atoms with E-state index in [1.807, 2.05) is 20.8 Å². The lowest BCUT2D eigenvalue weighted by Gasteiger charge is -2.22. The second-order valence-corrected chi connectivity index (χ2v) is 5.40. The van der Waals surface area contributed by atoms with E-state index in [0.29, 0.717) is 12.1 Å². The van der Waals surface area contributed by atoms with Crippen molar-refractivity contribution >= 4 is 5.91 Å². The third kappa shape index (κ3) is 4.56. The molecule has 5 heteroatoms. The van der Waals surface area contributed by atoms with Crippen LogP contribution in [0.15, 0.2) is 10.8 Å². The molecular formula is C12H20N2O3. The summed E-state index contributed by atoms with van der Waals surface area (Å²) in [6.45, 7) is 8.04. The van der Waals surface area contributed by atoms with Crippen LogP contribution in [0.5, 0.6) is 0 Å². The van der Waals surface area contributed by atoms with Gasteiger partial charge in [0.2, 0.25) is 5.76 Å². The normalized spacial score (nSPS) is 13.5. The Labute approximate surface area is 101 Å². The minimum atomic E-state index is -0.554. The zero-order valence-electron chi connectivity index (χ0n) is 10.8. The number of aromatic nitrogens is 1. The fourth-order valence-corrected chi connectivity index (χ4v) is 1.59. The van der Waals surface area contributed by atoms with Crippen LogP contribution in [0.1, 0.15) is 43.4 Å². The van der Waals surface area contributed by atoms with Gasteiger partial charge in [0, 0.05) is 6.54 Å². The van der Waals surface area contributed by atoms with Crippen LogP contribution in [0.2, 0.25) is 0 Å². The quantitative estimate of drug-likeness (QED) is 0.836. The molecule has 1 aromatic heterocycles. The maximum Gasteiger partial charge on any atom is 0.289 e. The van der Waals surface area contributed by atoms with Gasteiger partial charge in [-0.15, -0.1) is 0 Å². The van der Waals surface area contributed by atoms with Crippen LogP contribution in [-0.2, 0) is 0 Å². The van der Waals surface area contributed by atoms with Gasteiger partial charge in [-0.1, -0.05) is 20.8 Å². The highest BCUT2D eigenvalue weighted by Gasteiger charge is 2.19. The zero-order valence-corrected chi connectivity index (χ0v) is 10.8. The Balaban J connectivity index is 2.42. The third-order valence-corrected chi connectivity index (χ3v) is 2.30. The molecule has 1 atom stereocenters. The SMILES string of the molecule is Cc1ncoc1C(=O)NCC(O)CC(C)(C)C. The van der Waals surface area contributed by atoms with Gasteiger partial charge in [-0.3, -0.25) is 4.79 Å². The van der Waals surface area contributed by atoms with Crippen LogP contribution < -0.4 is 5.32 Å². The smallest absolute Gasteiger partial charge is 0.289 e. The van der Waals surface area contributed by atoms with Crippen LogP contribution in [0.3, 0.4) is 0 Å². The van der Waals surface area contributed by atoms with Gasteiger partial charge < -0.3 is 14.8 Å². The first-order valence-electron chi connectivity index (χ1n) is 5.66. The highest BCUT2D eigenvalue weighted by Crippen LogP contribution is 2.20. The summed E-state index contributed by atoms with van der Waals surface area (Å²) in [5, 5.41) is 12.4. The highest BCUT2D eigenvalue weighted by molar-refractivity contribution is 5.92. The second kappa shape index (κ2) is 5.31. The van der Waals surface area contributed by atoms with Gasteiger partial charge in [0.15, 0.2) is 6.39 Å². The molecule has 1 rings (SSSR count). The van der Waals surface area contributed by atoms with Gasteiger partial charge >= 0.3 is 0 Å². The van der Waals surface area contributed by atoms with E-state index in [9.17, 15) is 9.90 Å². The summed E-state index contributed by atoms with van der Waals surface area (Å²) in [4.78, 5) is 15.5. The van der Waals surface area contributed by atoms with Crippen molar-refractivity contribution in [2.75, 3.05) is 6.54 Å². The number of nitrogens with one attached hydrogen (secondary N) is 1. The molecule has 0 aromatic carbocycles. The van der Waals surface area contributed by atoms with Crippen LogP contribution in [0.4, 0.5) is 0 Å². The Morgan fingerprint density at radius 1 is 1.59 bits per heavy atom. The number of rotatable bonds is 4. The Morgan fingerprint density at radius 3 is 2.71 bits per heavy atom. The largest absolute Gasteiger partial charge is 0.438 e. The lowest BCUT2D eigenvalue weighted by Crippen LogP contribution is -2.34. The summed E-state index contributed by atoms with van der Waals surface area (Å²) in [5.74, 6) is -0.138. The number of oxazole rings is 1. The number of amides is 1. The fourth-order valence-electron chi connectivity index (χ4n) is 1.59. The number of aliphatic hydroxyl groups excluding tert-OH is 1. The highest BCUT2D eigenvalue weighted by atomic mass is 16.3. The Bertz CT molecular complexity index is 379. The molecule has 0 aliphatic rings. The predicted octanol–water partition coefficient (Wildman–Crippen LogP) is 1.51. The number of hydrogen-bond donors (Lipinski definition) is 2. The van der Waals surface area contributed by atoms with Crippen LogP contribution in [0, 0.1) is 12.3 Å². The van der Waals surface area contributed by atoms with E-state index in [0.717, 1.165) is 0 Å². The van der Waals surface area contributed by atoms with Crippen molar-refractivity contribution < 1.29 is 14.3 Å². The molecule has 96 valence electrons. The second-order valence-electron chi connectivity index (χ2n) is 5.40. The van der Waals surface area contributed by atoms with Crippen LogP contribution in [-0.4, -0.2) is 28.6 Å². The number of aliphatic hydroxyl groups is 1. The molecule has 1 amide bonds. The van der Waals surface area contributed by atoms with Crippen molar-refractivity contribution in [2.45, 2.75) is 40.2 Å². The molecule has 17 heavy (non-hydrogen) atoms. The molecule has 0 saturated carbocycles. The Hall–Kier alpha value is -1.36. The predicted molar refractivity (Wildman–Crippen MR) is 63.7 cm³/mol. The fraction of sp³-hybridized carbons (Fsp3) is 0.667. The van der Waals surface area contributed by atoms with E-state index in [2.05, 4.69) is 10.3 Å². The first kappa shape index (κ1) is 13.7. The molecule has 0 spiro atoms. The first-order chi connectivity index (χ1) is 7.79. The minimum Gasteiger partial charge on any atom is -0.438 e. The van der Waals surface area contributed by atoms with E-state index in [4.69, 9.17) is 4.42 Å². The van der Waals surface area contributed by atoms with E-state index in [1.54, 1.807) is 6.92 Å². The summed E-state index contributed by atoms with van der Waals surface area (Å²) >= 11 is 0. The number of hydrogen-bond acceptors (Lipinski definition) is 4. The molecule has 1 unspecified atom stereocenters. The molecular weight excluding hydrogens is 220 g/mol. The van der Waals surface area contributed by atoms with Crippen molar-refractivity contribution in [1.82, 2.24) is 10.3 Å².